The fourth-order valence-corrected chi connectivity index (χ4v) is 2.46. The molecule has 2 rings (SSSR count). The summed E-state index contributed by atoms with van der Waals surface area (Å²) in [5.41, 5.74) is 5.97. The Morgan fingerprint density at radius 1 is 1.63 bits per heavy atom. The van der Waals surface area contributed by atoms with Gasteiger partial charge in [0.2, 0.25) is 5.91 Å². The van der Waals surface area contributed by atoms with Crippen LogP contribution in [0.4, 0.5) is 5.82 Å². The standard InChI is InChI=1S/C13H19BrN4O/c1-9-7-18(5-4-11(9)15)8-13(19)17-12-3-2-10(14)6-16-12/h2-3,6,9,11H,4-5,7-8,15H2,1H3,(H,16,17,19). The molecule has 0 spiro atoms. The van der Waals surface area contributed by atoms with Crippen molar-refractivity contribution in [3.05, 3.63) is 22.8 Å². The minimum absolute atomic E-state index is 0.0301. The Balaban J connectivity index is 1.83. The number of piperidine rings is 1. The van der Waals surface area contributed by atoms with Gasteiger partial charge in [-0.25, -0.2) is 4.98 Å². The van der Waals surface area contributed by atoms with Gasteiger partial charge in [0.1, 0.15) is 5.82 Å². The third-order valence-corrected chi connectivity index (χ3v) is 3.89. The van der Waals surface area contributed by atoms with Crippen molar-refractivity contribution in [2.75, 3.05) is 25.0 Å². The number of aromatic nitrogens is 1. The van der Waals surface area contributed by atoms with E-state index in [4.69, 9.17) is 5.73 Å². The average molecular weight is 327 g/mol. The van der Waals surface area contributed by atoms with Gasteiger partial charge in [0.25, 0.3) is 0 Å². The number of nitrogens with zero attached hydrogens (tertiary/aromatic N) is 2. The highest BCUT2D eigenvalue weighted by molar-refractivity contribution is 9.10. The molecule has 1 aromatic rings. The van der Waals surface area contributed by atoms with Crippen LogP contribution in [0.3, 0.4) is 0 Å². The molecule has 0 aliphatic carbocycles. The van der Waals surface area contributed by atoms with Gasteiger partial charge in [-0.2, -0.15) is 0 Å². The van der Waals surface area contributed by atoms with Gasteiger partial charge in [-0.05, 0) is 40.4 Å². The minimum atomic E-state index is -0.0301. The number of pyridine rings is 1. The second-order valence-electron chi connectivity index (χ2n) is 5.07. The SMILES string of the molecule is CC1CN(CC(=O)Nc2ccc(Br)cn2)CCC1N. The van der Waals surface area contributed by atoms with E-state index < -0.39 is 0 Å². The number of nitrogens with one attached hydrogen (secondary N) is 1. The normalized spacial score (nSPS) is 24.2. The monoisotopic (exact) mass is 326 g/mol. The first-order valence-electron chi connectivity index (χ1n) is 6.44. The Bertz CT molecular complexity index is 437. The lowest BCUT2D eigenvalue weighted by molar-refractivity contribution is -0.117. The predicted octanol–water partition coefficient (Wildman–Crippen LogP) is 1.45. The van der Waals surface area contributed by atoms with Crippen LogP contribution >= 0.6 is 15.9 Å². The molecule has 2 unspecified atom stereocenters. The van der Waals surface area contributed by atoms with E-state index in [1.165, 1.54) is 0 Å². The molecule has 104 valence electrons. The van der Waals surface area contributed by atoms with Gasteiger partial charge in [-0.15, -0.1) is 0 Å². The number of carbonyl (C=O) groups excluding carboxylic acids is 1. The van der Waals surface area contributed by atoms with Crippen LogP contribution in [0.15, 0.2) is 22.8 Å². The van der Waals surface area contributed by atoms with Crippen molar-refractivity contribution >= 4 is 27.7 Å². The van der Waals surface area contributed by atoms with E-state index in [9.17, 15) is 4.79 Å². The fraction of sp³-hybridized carbons (Fsp3) is 0.538. The maximum absolute atomic E-state index is 11.9. The maximum atomic E-state index is 11.9. The molecule has 5 nitrogen and oxygen atoms in total. The molecule has 1 amide bonds. The Hall–Kier alpha value is -0.980. The van der Waals surface area contributed by atoms with Gasteiger partial charge >= 0.3 is 0 Å². The number of halogens is 1. The van der Waals surface area contributed by atoms with Crippen molar-refractivity contribution in [3.63, 3.8) is 0 Å². The second kappa shape index (κ2) is 6.45. The van der Waals surface area contributed by atoms with Crippen molar-refractivity contribution in [2.45, 2.75) is 19.4 Å². The molecule has 1 aliphatic heterocycles. The van der Waals surface area contributed by atoms with Crippen LogP contribution in [0.5, 0.6) is 0 Å². The zero-order valence-electron chi connectivity index (χ0n) is 11.0. The van der Waals surface area contributed by atoms with Crippen LogP contribution in [0.2, 0.25) is 0 Å². The van der Waals surface area contributed by atoms with Crippen molar-refractivity contribution in [3.8, 4) is 0 Å². The summed E-state index contributed by atoms with van der Waals surface area (Å²) in [4.78, 5) is 18.2. The molecule has 1 fully saturated rings. The molecule has 1 aromatic heterocycles. The molecule has 3 N–H and O–H groups in total. The molecule has 0 bridgehead atoms. The zero-order valence-corrected chi connectivity index (χ0v) is 12.6. The van der Waals surface area contributed by atoms with Crippen LogP contribution in [0.1, 0.15) is 13.3 Å². The topological polar surface area (TPSA) is 71.2 Å². The van der Waals surface area contributed by atoms with E-state index in [1.54, 1.807) is 12.3 Å². The maximum Gasteiger partial charge on any atom is 0.239 e. The molecule has 6 heteroatoms. The molecule has 0 radical (unpaired) electrons. The molecular formula is C13H19BrN4O. The fourth-order valence-electron chi connectivity index (χ4n) is 2.23. The van der Waals surface area contributed by atoms with E-state index in [1.807, 2.05) is 6.07 Å². The Kier molecular flexibility index (Phi) is 4.90. The molecule has 2 atom stereocenters. The number of anilines is 1. The largest absolute Gasteiger partial charge is 0.327 e. The lowest BCUT2D eigenvalue weighted by Gasteiger charge is -2.34. The molecule has 19 heavy (non-hydrogen) atoms. The molecular weight excluding hydrogens is 308 g/mol. The van der Waals surface area contributed by atoms with Crippen molar-refractivity contribution in [2.24, 2.45) is 11.7 Å². The molecule has 2 heterocycles. The summed E-state index contributed by atoms with van der Waals surface area (Å²) in [7, 11) is 0. The summed E-state index contributed by atoms with van der Waals surface area (Å²) < 4.78 is 0.893. The highest BCUT2D eigenvalue weighted by atomic mass is 79.9. The second-order valence-corrected chi connectivity index (χ2v) is 5.99. The van der Waals surface area contributed by atoms with Gasteiger partial charge < -0.3 is 11.1 Å². The minimum Gasteiger partial charge on any atom is -0.327 e. The van der Waals surface area contributed by atoms with Crippen molar-refractivity contribution in [1.82, 2.24) is 9.88 Å². The third kappa shape index (κ3) is 4.26. The number of amides is 1. The van der Waals surface area contributed by atoms with Gasteiger partial charge in [-0.3, -0.25) is 9.69 Å². The van der Waals surface area contributed by atoms with Crippen LogP contribution in [-0.4, -0.2) is 41.5 Å². The van der Waals surface area contributed by atoms with Crippen molar-refractivity contribution < 1.29 is 4.79 Å². The van der Waals surface area contributed by atoms with E-state index in [2.05, 4.69) is 38.1 Å². The molecule has 1 saturated heterocycles. The Morgan fingerprint density at radius 3 is 3.05 bits per heavy atom. The van der Waals surface area contributed by atoms with E-state index in [0.717, 1.165) is 24.0 Å². The number of carbonyl (C=O) groups is 1. The highest BCUT2D eigenvalue weighted by Gasteiger charge is 2.24. The summed E-state index contributed by atoms with van der Waals surface area (Å²) in [6.45, 7) is 4.29. The number of nitrogens with two attached hydrogens (primary N) is 1. The summed E-state index contributed by atoms with van der Waals surface area (Å²) in [5, 5.41) is 2.80. The lowest BCUT2D eigenvalue weighted by atomic mass is 9.95. The first-order chi connectivity index (χ1) is 9.04. The van der Waals surface area contributed by atoms with Crippen LogP contribution in [0, 0.1) is 5.92 Å². The van der Waals surface area contributed by atoms with E-state index >= 15 is 0 Å². The number of hydrogen-bond acceptors (Lipinski definition) is 4. The van der Waals surface area contributed by atoms with Crippen LogP contribution in [-0.2, 0) is 4.79 Å². The summed E-state index contributed by atoms with van der Waals surface area (Å²) in [5.74, 6) is 0.986. The van der Waals surface area contributed by atoms with E-state index in [-0.39, 0.29) is 11.9 Å². The van der Waals surface area contributed by atoms with Crippen LogP contribution < -0.4 is 11.1 Å². The van der Waals surface area contributed by atoms with E-state index in [0.29, 0.717) is 18.3 Å². The first-order valence-corrected chi connectivity index (χ1v) is 7.23. The molecule has 0 saturated carbocycles. The lowest BCUT2D eigenvalue weighted by Crippen LogP contribution is -2.48. The predicted molar refractivity (Wildman–Crippen MR) is 78.8 cm³/mol. The summed E-state index contributed by atoms with van der Waals surface area (Å²) in [6.07, 6.45) is 2.61. The Morgan fingerprint density at radius 2 is 2.42 bits per heavy atom. The average Bonchev–Trinajstić information content (AvgIpc) is 2.37. The smallest absolute Gasteiger partial charge is 0.239 e. The van der Waals surface area contributed by atoms with Crippen molar-refractivity contribution in [1.29, 1.82) is 0 Å². The quantitative estimate of drug-likeness (QED) is 0.882. The Labute approximate surface area is 121 Å². The zero-order chi connectivity index (χ0) is 13.8. The number of rotatable bonds is 3. The van der Waals surface area contributed by atoms with Crippen LogP contribution in [0.25, 0.3) is 0 Å². The summed E-state index contributed by atoms with van der Waals surface area (Å²) >= 11 is 3.31. The highest BCUT2D eigenvalue weighted by Crippen LogP contribution is 2.15. The molecule has 1 aliphatic rings. The summed E-state index contributed by atoms with van der Waals surface area (Å²) in [6, 6.07) is 3.88. The van der Waals surface area contributed by atoms with Gasteiger partial charge in [0.05, 0.1) is 6.54 Å². The first kappa shape index (κ1) is 14.4. The van der Waals surface area contributed by atoms with Gasteiger partial charge in [0.15, 0.2) is 0 Å². The number of hydrogen-bond donors (Lipinski definition) is 2. The number of likely N-dealkylation sites (tertiary alicyclic amines) is 1. The molecule has 0 aromatic carbocycles. The van der Waals surface area contributed by atoms with Gasteiger partial charge in [-0.1, -0.05) is 6.92 Å². The third-order valence-electron chi connectivity index (χ3n) is 3.42. The van der Waals surface area contributed by atoms with Gasteiger partial charge in [0, 0.05) is 29.8 Å².